The molecule has 0 bridgehead atoms. The lowest BCUT2D eigenvalue weighted by Crippen LogP contribution is -2.58. The zero-order chi connectivity index (χ0) is 22.0. The van der Waals surface area contributed by atoms with Crippen LogP contribution in [0.1, 0.15) is 40.5 Å². The van der Waals surface area contributed by atoms with Gasteiger partial charge in [0.1, 0.15) is 18.6 Å². The summed E-state index contributed by atoms with van der Waals surface area (Å²) in [4.78, 5) is 59.0. The molecule has 160 valence electrons. The number of carboxylic acid groups (broad SMARTS) is 1. The second-order valence-corrected chi connectivity index (χ2v) is 6.98. The number of amides is 4. The van der Waals surface area contributed by atoms with Gasteiger partial charge in [-0.05, 0) is 11.8 Å². The Morgan fingerprint density at radius 3 is 1.96 bits per heavy atom. The number of nitrogens with two attached hydrogens (primary N) is 2. The molecule has 0 aliphatic heterocycles. The molecule has 0 fully saturated rings. The lowest BCUT2D eigenvalue weighted by Gasteiger charge is -2.26. The molecule has 0 aliphatic rings. The van der Waals surface area contributed by atoms with Crippen molar-refractivity contribution in [3.63, 3.8) is 0 Å². The lowest BCUT2D eigenvalue weighted by atomic mass is 9.97. The molecule has 0 spiro atoms. The maximum atomic E-state index is 12.6. The summed E-state index contributed by atoms with van der Waals surface area (Å²) in [5.41, 5.74) is 10.9. The SMILES string of the molecule is CCC(C)C(NC(=O)C(CC(N)=O)NC(=O)C(N)C(C)C)C(=O)NCC(=O)O. The van der Waals surface area contributed by atoms with Crippen LogP contribution in [0.5, 0.6) is 0 Å². The van der Waals surface area contributed by atoms with Gasteiger partial charge in [-0.2, -0.15) is 0 Å². The van der Waals surface area contributed by atoms with E-state index in [1.807, 2.05) is 0 Å². The van der Waals surface area contributed by atoms with Crippen molar-refractivity contribution in [2.75, 3.05) is 6.54 Å². The van der Waals surface area contributed by atoms with Gasteiger partial charge in [-0.1, -0.05) is 34.1 Å². The van der Waals surface area contributed by atoms with Gasteiger partial charge in [0, 0.05) is 0 Å². The van der Waals surface area contributed by atoms with E-state index in [0.29, 0.717) is 6.42 Å². The van der Waals surface area contributed by atoms with E-state index in [1.165, 1.54) is 0 Å². The molecule has 0 radical (unpaired) electrons. The van der Waals surface area contributed by atoms with Crippen molar-refractivity contribution in [3.8, 4) is 0 Å². The minimum atomic E-state index is -1.31. The van der Waals surface area contributed by atoms with Crippen LogP contribution in [-0.4, -0.2) is 59.4 Å². The predicted octanol–water partition coefficient (Wildman–Crippen LogP) is -1.94. The maximum Gasteiger partial charge on any atom is 0.322 e. The minimum Gasteiger partial charge on any atom is -0.480 e. The van der Waals surface area contributed by atoms with E-state index in [9.17, 15) is 24.0 Å². The minimum absolute atomic E-state index is 0.202. The van der Waals surface area contributed by atoms with Gasteiger partial charge in [0.2, 0.25) is 23.6 Å². The van der Waals surface area contributed by atoms with Crippen LogP contribution < -0.4 is 27.4 Å². The fourth-order valence-corrected chi connectivity index (χ4v) is 2.21. The summed E-state index contributed by atoms with van der Waals surface area (Å²) in [6.07, 6.45) is 0.0306. The number of carbonyl (C=O) groups excluding carboxylic acids is 4. The first-order valence-corrected chi connectivity index (χ1v) is 9.04. The summed E-state index contributed by atoms with van der Waals surface area (Å²) >= 11 is 0. The summed E-state index contributed by atoms with van der Waals surface area (Å²) in [5, 5.41) is 15.7. The average Bonchev–Trinajstić information content (AvgIpc) is 2.61. The fourth-order valence-electron chi connectivity index (χ4n) is 2.21. The largest absolute Gasteiger partial charge is 0.480 e. The molecular formula is C17H31N5O6. The molecule has 0 aromatic heterocycles. The zero-order valence-electron chi connectivity index (χ0n) is 16.7. The highest BCUT2D eigenvalue weighted by atomic mass is 16.4. The Labute approximate surface area is 164 Å². The van der Waals surface area contributed by atoms with Crippen LogP contribution in [-0.2, 0) is 24.0 Å². The molecule has 11 nitrogen and oxygen atoms in total. The quantitative estimate of drug-likeness (QED) is 0.219. The van der Waals surface area contributed by atoms with Gasteiger partial charge < -0.3 is 32.5 Å². The Bertz CT molecular complexity index is 595. The number of carbonyl (C=O) groups is 5. The summed E-state index contributed by atoms with van der Waals surface area (Å²) in [6, 6.07) is -3.26. The zero-order valence-corrected chi connectivity index (χ0v) is 16.7. The molecule has 4 amide bonds. The topological polar surface area (TPSA) is 194 Å². The number of carboxylic acids is 1. The Balaban J connectivity index is 5.34. The van der Waals surface area contributed by atoms with Crippen molar-refractivity contribution in [1.29, 1.82) is 0 Å². The molecule has 11 heteroatoms. The first kappa shape index (κ1) is 25.3. The van der Waals surface area contributed by atoms with Crippen LogP contribution >= 0.6 is 0 Å². The highest BCUT2D eigenvalue weighted by Gasteiger charge is 2.31. The van der Waals surface area contributed by atoms with Gasteiger partial charge in [0.25, 0.3) is 0 Å². The van der Waals surface area contributed by atoms with Gasteiger partial charge in [0.05, 0.1) is 12.5 Å². The third-order valence-electron chi connectivity index (χ3n) is 4.27. The molecule has 0 rings (SSSR count). The van der Waals surface area contributed by atoms with Crippen LogP contribution in [0.2, 0.25) is 0 Å². The summed E-state index contributed by atoms with van der Waals surface area (Å²) in [5.74, 6) is -4.70. The van der Waals surface area contributed by atoms with Gasteiger partial charge in [-0.25, -0.2) is 0 Å². The summed E-state index contributed by atoms with van der Waals surface area (Å²) in [7, 11) is 0. The molecule has 28 heavy (non-hydrogen) atoms. The Morgan fingerprint density at radius 1 is 0.964 bits per heavy atom. The molecule has 4 atom stereocenters. The van der Waals surface area contributed by atoms with Crippen molar-refractivity contribution < 1.29 is 29.1 Å². The number of aliphatic carboxylic acids is 1. The van der Waals surface area contributed by atoms with Crippen LogP contribution in [0.25, 0.3) is 0 Å². The lowest BCUT2D eigenvalue weighted by molar-refractivity contribution is -0.139. The molecule has 0 aromatic rings. The molecule has 8 N–H and O–H groups in total. The molecule has 0 saturated carbocycles. The Kier molecular flexibility index (Phi) is 10.8. The van der Waals surface area contributed by atoms with E-state index >= 15 is 0 Å². The monoisotopic (exact) mass is 401 g/mol. The number of rotatable bonds is 12. The van der Waals surface area contributed by atoms with Gasteiger partial charge in [-0.15, -0.1) is 0 Å². The van der Waals surface area contributed by atoms with E-state index in [0.717, 1.165) is 0 Å². The number of hydrogen-bond donors (Lipinski definition) is 6. The predicted molar refractivity (Wildman–Crippen MR) is 101 cm³/mol. The fraction of sp³-hybridized carbons (Fsp3) is 0.706. The molecule has 0 aromatic carbocycles. The second-order valence-electron chi connectivity index (χ2n) is 6.98. The van der Waals surface area contributed by atoms with Crippen LogP contribution in [0.4, 0.5) is 0 Å². The third kappa shape index (κ3) is 8.80. The van der Waals surface area contributed by atoms with Crippen molar-refractivity contribution in [1.82, 2.24) is 16.0 Å². The van der Waals surface area contributed by atoms with Gasteiger partial charge >= 0.3 is 5.97 Å². The molecular weight excluding hydrogens is 370 g/mol. The molecule has 0 aliphatic carbocycles. The maximum absolute atomic E-state index is 12.6. The number of primary amides is 1. The highest BCUT2D eigenvalue weighted by Crippen LogP contribution is 2.09. The Hall–Kier alpha value is -2.69. The smallest absolute Gasteiger partial charge is 0.322 e. The first-order chi connectivity index (χ1) is 12.9. The molecule has 4 unspecified atom stereocenters. The summed E-state index contributed by atoms with van der Waals surface area (Å²) < 4.78 is 0. The third-order valence-corrected chi connectivity index (χ3v) is 4.27. The van der Waals surface area contributed by atoms with Gasteiger partial charge in [0.15, 0.2) is 0 Å². The van der Waals surface area contributed by atoms with Crippen molar-refractivity contribution in [2.24, 2.45) is 23.3 Å². The number of nitrogens with one attached hydrogen (secondary N) is 3. The highest BCUT2D eigenvalue weighted by molar-refractivity contribution is 5.96. The van der Waals surface area contributed by atoms with Gasteiger partial charge in [-0.3, -0.25) is 24.0 Å². The van der Waals surface area contributed by atoms with E-state index in [4.69, 9.17) is 16.6 Å². The standard InChI is InChI=1S/C17H31N5O6/c1-5-9(4)14(17(28)20-7-12(24)25)22-15(26)10(6-11(18)23)21-16(27)13(19)8(2)3/h8-10,13-14H,5-7,19H2,1-4H3,(H2,18,23)(H,20,28)(H,21,27)(H,22,26)(H,24,25). The van der Waals surface area contributed by atoms with E-state index < -0.39 is 60.7 Å². The van der Waals surface area contributed by atoms with Crippen LogP contribution in [0, 0.1) is 11.8 Å². The first-order valence-electron chi connectivity index (χ1n) is 9.04. The van der Waals surface area contributed by atoms with Crippen LogP contribution in [0.3, 0.4) is 0 Å². The van der Waals surface area contributed by atoms with Crippen molar-refractivity contribution in [3.05, 3.63) is 0 Å². The number of hydrogen-bond acceptors (Lipinski definition) is 6. The second kappa shape index (κ2) is 11.9. The molecule has 0 saturated heterocycles. The van der Waals surface area contributed by atoms with Crippen LogP contribution in [0.15, 0.2) is 0 Å². The normalized spacial score (nSPS) is 15.1. The average molecular weight is 401 g/mol. The molecule has 0 heterocycles. The Morgan fingerprint density at radius 2 is 1.54 bits per heavy atom. The van der Waals surface area contributed by atoms with E-state index in [2.05, 4.69) is 16.0 Å². The van der Waals surface area contributed by atoms with E-state index in [1.54, 1.807) is 27.7 Å². The van der Waals surface area contributed by atoms with Crippen molar-refractivity contribution >= 4 is 29.6 Å². The summed E-state index contributed by atoms with van der Waals surface area (Å²) in [6.45, 7) is 6.32. The van der Waals surface area contributed by atoms with E-state index in [-0.39, 0.29) is 11.8 Å². The van der Waals surface area contributed by atoms with Crippen molar-refractivity contribution in [2.45, 2.75) is 58.7 Å².